The zero-order valence-electron chi connectivity index (χ0n) is 11.6. The van der Waals surface area contributed by atoms with E-state index in [2.05, 4.69) is 10.2 Å². The summed E-state index contributed by atoms with van der Waals surface area (Å²) in [6, 6.07) is 6.00. The Labute approximate surface area is 132 Å². The lowest BCUT2D eigenvalue weighted by Gasteiger charge is -2.10. The van der Waals surface area contributed by atoms with Crippen molar-refractivity contribution in [2.24, 2.45) is 5.73 Å². The quantitative estimate of drug-likeness (QED) is 0.912. The van der Waals surface area contributed by atoms with Crippen LogP contribution in [0.3, 0.4) is 0 Å². The first kappa shape index (κ1) is 15.6. The Balaban J connectivity index is 2.24. The van der Waals surface area contributed by atoms with Crippen molar-refractivity contribution in [2.75, 3.05) is 19.0 Å². The maximum atomic E-state index is 6.09. The lowest BCUT2D eigenvalue weighted by atomic mass is 10.1. The minimum absolute atomic E-state index is 0.113. The summed E-state index contributed by atoms with van der Waals surface area (Å²) >= 11 is 9.24. The molecule has 0 amide bonds. The molecule has 1 heterocycles. The summed E-state index contributed by atoms with van der Waals surface area (Å²) in [6.45, 7) is 2.00. The van der Waals surface area contributed by atoms with Gasteiger partial charge >= 0.3 is 0 Å². The summed E-state index contributed by atoms with van der Waals surface area (Å²) in [4.78, 5) is 3.04. The first-order chi connectivity index (χ1) is 9.45. The second-order valence-electron chi connectivity index (χ2n) is 4.78. The molecule has 0 radical (unpaired) electrons. The topological polar surface area (TPSA) is 55.0 Å². The van der Waals surface area contributed by atoms with Crippen LogP contribution in [0.1, 0.15) is 12.5 Å². The van der Waals surface area contributed by atoms with E-state index >= 15 is 0 Å². The number of hydrogen-bond donors (Lipinski definition) is 1. The van der Waals surface area contributed by atoms with Gasteiger partial charge in [-0.15, -0.1) is 10.2 Å². The molecule has 1 atom stereocenters. The molecule has 1 aromatic heterocycles. The third kappa shape index (κ3) is 4.09. The first-order valence-corrected chi connectivity index (χ1v) is 8.19. The first-order valence-electron chi connectivity index (χ1n) is 6.18. The van der Waals surface area contributed by atoms with Gasteiger partial charge in [-0.05, 0) is 31.0 Å². The molecule has 2 rings (SSSR count). The van der Waals surface area contributed by atoms with Gasteiger partial charge in [0.25, 0.3) is 0 Å². The summed E-state index contributed by atoms with van der Waals surface area (Å²) in [7, 11) is 3.91. The number of rotatable bonds is 5. The van der Waals surface area contributed by atoms with Gasteiger partial charge in [0.1, 0.15) is 0 Å². The lowest BCUT2D eigenvalue weighted by molar-refractivity contribution is 0.729. The maximum Gasteiger partial charge on any atom is 0.208 e. The predicted molar refractivity (Wildman–Crippen MR) is 87.2 cm³/mol. The van der Waals surface area contributed by atoms with Gasteiger partial charge < -0.3 is 10.6 Å². The minimum Gasteiger partial charge on any atom is -0.353 e. The van der Waals surface area contributed by atoms with Crippen molar-refractivity contribution >= 4 is 39.8 Å². The van der Waals surface area contributed by atoms with Crippen molar-refractivity contribution in [2.45, 2.75) is 28.6 Å². The standard InChI is InChI=1S/C13H17ClN4S2/c1-8(15)6-9-4-5-10(14)7-11(9)19-13-17-16-12(20-13)18(2)3/h4-5,7-8H,6,15H2,1-3H3. The summed E-state index contributed by atoms with van der Waals surface area (Å²) in [5, 5.41) is 9.95. The maximum absolute atomic E-state index is 6.09. The van der Waals surface area contributed by atoms with Gasteiger partial charge in [-0.2, -0.15) is 0 Å². The van der Waals surface area contributed by atoms with Gasteiger partial charge in [-0.25, -0.2) is 0 Å². The second kappa shape index (κ2) is 6.76. The van der Waals surface area contributed by atoms with Crippen molar-refractivity contribution < 1.29 is 0 Å². The fraction of sp³-hybridized carbons (Fsp3) is 0.385. The van der Waals surface area contributed by atoms with Crippen molar-refractivity contribution in [1.29, 1.82) is 0 Å². The highest BCUT2D eigenvalue weighted by atomic mass is 35.5. The summed E-state index contributed by atoms with van der Waals surface area (Å²) in [6.07, 6.45) is 0.818. The summed E-state index contributed by atoms with van der Waals surface area (Å²) in [5.41, 5.74) is 7.09. The third-order valence-corrected chi connectivity index (χ3v) is 5.02. The number of halogens is 1. The second-order valence-corrected chi connectivity index (χ2v) is 7.46. The molecule has 0 fully saturated rings. The van der Waals surface area contributed by atoms with Crippen molar-refractivity contribution in [3.05, 3.63) is 28.8 Å². The summed E-state index contributed by atoms with van der Waals surface area (Å²) < 4.78 is 0.905. The van der Waals surface area contributed by atoms with Crippen LogP contribution < -0.4 is 10.6 Å². The highest BCUT2D eigenvalue weighted by Crippen LogP contribution is 2.36. The van der Waals surface area contributed by atoms with Gasteiger partial charge in [-0.1, -0.05) is 40.8 Å². The Morgan fingerprint density at radius 1 is 1.40 bits per heavy atom. The zero-order valence-corrected chi connectivity index (χ0v) is 14.0. The van der Waals surface area contributed by atoms with Crippen LogP contribution in [0.2, 0.25) is 5.02 Å². The molecule has 0 aliphatic rings. The number of nitrogens with two attached hydrogens (primary N) is 1. The van der Waals surface area contributed by atoms with Crippen molar-refractivity contribution in [3.8, 4) is 0 Å². The van der Waals surface area contributed by atoms with E-state index in [9.17, 15) is 0 Å². The lowest BCUT2D eigenvalue weighted by Crippen LogP contribution is -2.18. The highest BCUT2D eigenvalue weighted by molar-refractivity contribution is 8.01. The van der Waals surface area contributed by atoms with E-state index in [0.29, 0.717) is 0 Å². The molecule has 20 heavy (non-hydrogen) atoms. The fourth-order valence-corrected chi connectivity index (χ4v) is 3.79. The molecule has 0 spiro atoms. The van der Waals surface area contributed by atoms with Gasteiger partial charge in [0, 0.05) is 30.1 Å². The van der Waals surface area contributed by atoms with Gasteiger partial charge in [-0.3, -0.25) is 0 Å². The molecular weight excluding hydrogens is 312 g/mol. The van der Waals surface area contributed by atoms with Crippen LogP contribution >= 0.6 is 34.7 Å². The molecule has 2 aromatic rings. The molecule has 1 unspecified atom stereocenters. The number of aromatic nitrogens is 2. The molecule has 0 bridgehead atoms. The molecule has 4 nitrogen and oxygen atoms in total. The number of nitrogens with zero attached hydrogens (tertiary/aromatic N) is 3. The zero-order chi connectivity index (χ0) is 14.7. The average Bonchev–Trinajstić information content (AvgIpc) is 2.81. The van der Waals surface area contributed by atoms with E-state index in [-0.39, 0.29) is 6.04 Å². The molecule has 0 saturated heterocycles. The van der Waals surface area contributed by atoms with Crippen LogP contribution in [-0.2, 0) is 6.42 Å². The Morgan fingerprint density at radius 2 is 2.15 bits per heavy atom. The Hall–Kier alpha value is -0.820. The third-order valence-electron chi connectivity index (χ3n) is 2.55. The van der Waals surface area contributed by atoms with Gasteiger partial charge in [0.05, 0.1) is 0 Å². The molecule has 0 saturated carbocycles. The fourth-order valence-electron chi connectivity index (χ4n) is 1.66. The molecule has 1 aromatic carbocycles. The van der Waals surface area contributed by atoms with Gasteiger partial charge in [0.15, 0.2) is 4.34 Å². The van der Waals surface area contributed by atoms with Crippen LogP contribution in [0, 0.1) is 0 Å². The van der Waals surface area contributed by atoms with Crippen LogP contribution in [0.25, 0.3) is 0 Å². The van der Waals surface area contributed by atoms with Crippen LogP contribution in [-0.4, -0.2) is 30.3 Å². The number of anilines is 1. The minimum atomic E-state index is 0.113. The normalized spacial score (nSPS) is 12.4. The molecular formula is C13H17ClN4S2. The predicted octanol–water partition coefficient (Wildman–Crippen LogP) is 3.30. The summed E-state index contributed by atoms with van der Waals surface area (Å²) in [5.74, 6) is 0. The Bertz CT molecular complexity index is 584. The highest BCUT2D eigenvalue weighted by Gasteiger charge is 2.12. The van der Waals surface area contributed by atoms with Crippen molar-refractivity contribution in [3.63, 3.8) is 0 Å². The van der Waals surface area contributed by atoms with E-state index < -0.39 is 0 Å². The molecule has 7 heteroatoms. The smallest absolute Gasteiger partial charge is 0.208 e. The van der Waals surface area contributed by atoms with Crippen LogP contribution in [0.4, 0.5) is 5.13 Å². The van der Waals surface area contributed by atoms with Gasteiger partial charge in [0.2, 0.25) is 5.13 Å². The Morgan fingerprint density at radius 3 is 2.75 bits per heavy atom. The van der Waals surface area contributed by atoms with E-state index in [4.69, 9.17) is 17.3 Å². The van der Waals surface area contributed by atoms with E-state index in [1.54, 1.807) is 23.1 Å². The van der Waals surface area contributed by atoms with Crippen LogP contribution in [0.5, 0.6) is 0 Å². The number of hydrogen-bond acceptors (Lipinski definition) is 6. The molecule has 2 N–H and O–H groups in total. The SMILES string of the molecule is CC(N)Cc1ccc(Cl)cc1Sc1nnc(N(C)C)s1. The molecule has 0 aliphatic heterocycles. The average molecular weight is 329 g/mol. The van der Waals surface area contributed by atoms with Crippen molar-refractivity contribution in [1.82, 2.24) is 10.2 Å². The number of benzene rings is 1. The molecule has 108 valence electrons. The van der Waals surface area contributed by atoms with E-state index in [1.165, 1.54) is 5.56 Å². The largest absolute Gasteiger partial charge is 0.353 e. The monoisotopic (exact) mass is 328 g/mol. The van der Waals surface area contributed by atoms with E-state index in [1.807, 2.05) is 44.1 Å². The van der Waals surface area contributed by atoms with E-state index in [0.717, 1.165) is 25.8 Å². The Kier molecular flexibility index (Phi) is 5.26. The van der Waals surface area contributed by atoms with Crippen LogP contribution in [0.15, 0.2) is 27.4 Å². The molecule has 0 aliphatic carbocycles.